The summed E-state index contributed by atoms with van der Waals surface area (Å²) in [5.74, 6) is 0.273. The number of benzene rings is 2. The largest absolute Gasteiger partial charge is 0.476 e. The van der Waals surface area contributed by atoms with Crippen molar-refractivity contribution in [2.45, 2.75) is 25.1 Å². The highest BCUT2D eigenvalue weighted by Gasteiger charge is 2.41. The molecule has 0 radical (unpaired) electrons. The fourth-order valence-corrected chi connectivity index (χ4v) is 2.83. The zero-order valence-corrected chi connectivity index (χ0v) is 12.9. The second-order valence-corrected chi connectivity index (χ2v) is 5.84. The molecule has 120 valence electrons. The highest BCUT2D eigenvalue weighted by molar-refractivity contribution is 6.30. The Hall–Kier alpha value is -1.94. The van der Waals surface area contributed by atoms with E-state index in [9.17, 15) is 13.2 Å². The zero-order valence-electron chi connectivity index (χ0n) is 12.1. The molecule has 0 saturated heterocycles. The Labute approximate surface area is 137 Å². The van der Waals surface area contributed by atoms with E-state index in [1.807, 2.05) is 30.3 Å². The van der Waals surface area contributed by atoms with E-state index in [0.717, 1.165) is 11.6 Å². The molecule has 0 aliphatic carbocycles. The molecule has 2 aromatic rings. The Morgan fingerprint density at radius 2 is 1.78 bits per heavy atom. The first-order chi connectivity index (χ1) is 10.9. The van der Waals surface area contributed by atoms with Crippen molar-refractivity contribution in [1.82, 2.24) is 0 Å². The monoisotopic (exact) mass is 338 g/mol. The molecule has 0 aromatic heterocycles. The lowest BCUT2D eigenvalue weighted by molar-refractivity contribution is -0.180. The Morgan fingerprint density at radius 3 is 2.48 bits per heavy atom. The smallest absolute Gasteiger partial charge is 0.429 e. The predicted octanol–water partition coefficient (Wildman–Crippen LogP) is 5.46. The number of ether oxygens (including phenoxy) is 1. The van der Waals surface area contributed by atoms with Gasteiger partial charge in [0, 0.05) is 10.6 Å². The molecular formula is C18H14ClF3O. The van der Waals surface area contributed by atoms with Crippen molar-refractivity contribution < 1.29 is 17.9 Å². The van der Waals surface area contributed by atoms with Crippen LogP contribution in [0, 0.1) is 0 Å². The Kier molecular flexibility index (Phi) is 4.35. The Morgan fingerprint density at radius 1 is 1.04 bits per heavy atom. The summed E-state index contributed by atoms with van der Waals surface area (Å²) in [6.45, 7) is 0. The van der Waals surface area contributed by atoms with Gasteiger partial charge in [-0.25, -0.2) is 0 Å². The summed E-state index contributed by atoms with van der Waals surface area (Å²) in [6, 6.07) is 13.0. The van der Waals surface area contributed by atoms with Gasteiger partial charge in [-0.1, -0.05) is 48.0 Å². The Balaban J connectivity index is 1.87. The molecule has 0 bridgehead atoms. The molecule has 0 spiro atoms. The average Bonchev–Trinajstić information content (AvgIpc) is 2.52. The van der Waals surface area contributed by atoms with Gasteiger partial charge in [-0.15, -0.1) is 0 Å². The van der Waals surface area contributed by atoms with Crippen LogP contribution in [-0.2, 0) is 12.8 Å². The van der Waals surface area contributed by atoms with Crippen molar-refractivity contribution in [2.24, 2.45) is 0 Å². The molecule has 1 heterocycles. The molecule has 1 unspecified atom stereocenters. The van der Waals surface area contributed by atoms with Crippen LogP contribution in [0.3, 0.4) is 0 Å². The van der Waals surface area contributed by atoms with Gasteiger partial charge in [-0.05, 0) is 42.2 Å². The maximum atomic E-state index is 12.9. The van der Waals surface area contributed by atoms with Crippen molar-refractivity contribution in [3.8, 4) is 5.75 Å². The van der Waals surface area contributed by atoms with Crippen molar-refractivity contribution >= 4 is 17.7 Å². The summed E-state index contributed by atoms with van der Waals surface area (Å²) in [5.41, 5.74) is 2.39. The van der Waals surface area contributed by atoms with Crippen LogP contribution in [0.25, 0.3) is 6.08 Å². The molecule has 1 atom stereocenters. The van der Waals surface area contributed by atoms with Gasteiger partial charge in [0.05, 0.1) is 0 Å². The van der Waals surface area contributed by atoms with Crippen LogP contribution in [0.4, 0.5) is 13.2 Å². The normalized spacial score (nSPS) is 16.8. The lowest BCUT2D eigenvalue weighted by Crippen LogP contribution is -2.34. The molecule has 0 fully saturated rings. The summed E-state index contributed by atoms with van der Waals surface area (Å²) in [5, 5.41) is 0.491. The highest BCUT2D eigenvalue weighted by Crippen LogP contribution is 2.37. The second-order valence-electron chi connectivity index (χ2n) is 5.41. The standard InChI is InChI=1S/C18H14ClF3O/c19-15-10-13(7-6-12-4-2-1-3-5-12)17-14(11-15)8-9-16(23-17)18(20,21)22/h1-5,8-11,16H,6-7H2. The lowest BCUT2D eigenvalue weighted by Gasteiger charge is -2.25. The van der Waals surface area contributed by atoms with E-state index in [4.69, 9.17) is 16.3 Å². The Bertz CT molecular complexity index is 723. The van der Waals surface area contributed by atoms with Crippen LogP contribution in [0.2, 0.25) is 5.02 Å². The molecule has 1 aliphatic rings. The number of hydrogen-bond donors (Lipinski definition) is 0. The summed E-state index contributed by atoms with van der Waals surface area (Å²) in [7, 11) is 0. The van der Waals surface area contributed by atoms with E-state index in [2.05, 4.69) is 0 Å². The molecular weight excluding hydrogens is 325 g/mol. The maximum Gasteiger partial charge on any atom is 0.429 e. The fraction of sp³-hybridized carbons (Fsp3) is 0.222. The van der Waals surface area contributed by atoms with Crippen LogP contribution in [0.15, 0.2) is 48.5 Å². The van der Waals surface area contributed by atoms with Crippen LogP contribution in [0.5, 0.6) is 5.75 Å². The summed E-state index contributed by atoms with van der Waals surface area (Å²) in [4.78, 5) is 0. The minimum Gasteiger partial charge on any atom is -0.476 e. The number of aryl methyl sites for hydroxylation is 2. The summed E-state index contributed by atoms with van der Waals surface area (Å²) in [6.07, 6.45) is -2.63. The number of rotatable bonds is 3. The molecule has 3 rings (SSSR count). The van der Waals surface area contributed by atoms with Crippen molar-refractivity contribution in [3.05, 3.63) is 70.3 Å². The number of alkyl halides is 3. The molecule has 0 N–H and O–H groups in total. The fourth-order valence-electron chi connectivity index (χ4n) is 2.58. The minimum absolute atomic E-state index is 0.273. The van der Waals surface area contributed by atoms with Crippen molar-refractivity contribution in [1.29, 1.82) is 0 Å². The van der Waals surface area contributed by atoms with Gasteiger partial charge in [0.25, 0.3) is 0 Å². The van der Waals surface area contributed by atoms with Crippen molar-refractivity contribution in [2.75, 3.05) is 0 Å². The third-order valence-electron chi connectivity index (χ3n) is 3.70. The van der Waals surface area contributed by atoms with Gasteiger partial charge < -0.3 is 4.74 Å². The predicted molar refractivity (Wildman–Crippen MR) is 84.8 cm³/mol. The van der Waals surface area contributed by atoms with E-state index < -0.39 is 12.3 Å². The van der Waals surface area contributed by atoms with E-state index in [-0.39, 0.29) is 5.75 Å². The van der Waals surface area contributed by atoms with Gasteiger partial charge in [0.15, 0.2) is 0 Å². The minimum atomic E-state index is -4.43. The first-order valence-electron chi connectivity index (χ1n) is 7.21. The molecule has 0 amide bonds. The zero-order chi connectivity index (χ0) is 16.4. The highest BCUT2D eigenvalue weighted by atomic mass is 35.5. The van der Waals surface area contributed by atoms with Crippen LogP contribution >= 0.6 is 11.6 Å². The number of hydrogen-bond acceptors (Lipinski definition) is 1. The van der Waals surface area contributed by atoms with Gasteiger partial charge in [-0.2, -0.15) is 13.2 Å². The number of fused-ring (bicyclic) bond motifs is 1. The number of halogens is 4. The van der Waals surface area contributed by atoms with E-state index in [1.165, 1.54) is 6.08 Å². The third kappa shape index (κ3) is 3.70. The first-order valence-corrected chi connectivity index (χ1v) is 7.59. The summed E-state index contributed by atoms with van der Waals surface area (Å²) < 4.78 is 43.9. The second kappa shape index (κ2) is 6.28. The SMILES string of the molecule is FC(F)(F)C1C=Cc2cc(Cl)cc(CCc3ccccc3)c2O1. The molecule has 23 heavy (non-hydrogen) atoms. The van der Waals surface area contributed by atoms with E-state index in [0.29, 0.717) is 29.0 Å². The molecule has 1 aliphatic heterocycles. The summed E-state index contributed by atoms with van der Waals surface area (Å²) >= 11 is 6.08. The van der Waals surface area contributed by atoms with Crippen LogP contribution < -0.4 is 4.74 Å². The van der Waals surface area contributed by atoms with Gasteiger partial charge in [0.2, 0.25) is 6.10 Å². The van der Waals surface area contributed by atoms with Gasteiger partial charge in [-0.3, -0.25) is 0 Å². The van der Waals surface area contributed by atoms with E-state index >= 15 is 0 Å². The van der Waals surface area contributed by atoms with Crippen molar-refractivity contribution in [3.63, 3.8) is 0 Å². The average molecular weight is 339 g/mol. The topological polar surface area (TPSA) is 9.23 Å². The molecule has 1 nitrogen and oxygen atoms in total. The van der Waals surface area contributed by atoms with Gasteiger partial charge >= 0.3 is 6.18 Å². The molecule has 0 saturated carbocycles. The van der Waals surface area contributed by atoms with Crippen LogP contribution in [0.1, 0.15) is 16.7 Å². The van der Waals surface area contributed by atoms with Gasteiger partial charge in [0.1, 0.15) is 5.75 Å². The third-order valence-corrected chi connectivity index (χ3v) is 3.92. The van der Waals surface area contributed by atoms with Crippen LogP contribution in [-0.4, -0.2) is 12.3 Å². The van der Waals surface area contributed by atoms with E-state index in [1.54, 1.807) is 12.1 Å². The first kappa shape index (κ1) is 15.9. The molecule has 5 heteroatoms. The lowest BCUT2D eigenvalue weighted by atomic mass is 9.99. The quantitative estimate of drug-likeness (QED) is 0.722. The maximum absolute atomic E-state index is 12.9. The molecule has 2 aromatic carbocycles.